The monoisotopic (exact) mass is 459 g/mol. The van der Waals surface area contributed by atoms with Crippen LogP contribution in [-0.4, -0.2) is 28.6 Å². The normalized spacial score (nSPS) is 16.0. The van der Waals surface area contributed by atoms with Gasteiger partial charge in [0.15, 0.2) is 0 Å². The summed E-state index contributed by atoms with van der Waals surface area (Å²) in [5.74, 6) is 2.00. The molecule has 0 unspecified atom stereocenters. The Labute approximate surface area is 198 Å². The van der Waals surface area contributed by atoms with Gasteiger partial charge >= 0.3 is 0 Å². The molecule has 0 radical (unpaired) electrons. The van der Waals surface area contributed by atoms with E-state index in [1.54, 1.807) is 0 Å². The maximum absolute atomic E-state index is 12.9. The van der Waals surface area contributed by atoms with E-state index in [0.29, 0.717) is 24.6 Å². The average molecular weight is 460 g/mol. The van der Waals surface area contributed by atoms with E-state index in [1.165, 1.54) is 0 Å². The minimum atomic E-state index is 0.0379. The lowest BCUT2D eigenvalue weighted by molar-refractivity contribution is -0.117. The Morgan fingerprint density at radius 1 is 1.06 bits per heavy atom. The molecule has 0 bridgehead atoms. The molecule has 1 aliphatic heterocycles. The maximum atomic E-state index is 12.9. The molecule has 5 nitrogen and oxygen atoms in total. The minimum Gasteiger partial charge on any atom is -0.494 e. The fraction of sp³-hybridized carbons (Fsp3) is 0.259. The van der Waals surface area contributed by atoms with Gasteiger partial charge in [0.2, 0.25) is 5.91 Å². The van der Waals surface area contributed by atoms with Crippen LogP contribution in [0.25, 0.3) is 11.0 Å². The summed E-state index contributed by atoms with van der Waals surface area (Å²) in [5.41, 5.74) is 3.92. The smallest absolute Gasteiger partial charge is 0.227 e. The van der Waals surface area contributed by atoms with Crippen LogP contribution in [0.3, 0.4) is 0 Å². The van der Waals surface area contributed by atoms with Crippen LogP contribution in [0.15, 0.2) is 72.8 Å². The Hall–Kier alpha value is -3.31. The number of halogens is 1. The minimum absolute atomic E-state index is 0.0379. The molecule has 1 aromatic heterocycles. The number of imidazole rings is 1. The molecule has 1 fully saturated rings. The number of benzene rings is 3. The first-order valence-corrected chi connectivity index (χ1v) is 11.7. The Morgan fingerprint density at radius 3 is 2.67 bits per heavy atom. The van der Waals surface area contributed by atoms with Crippen LogP contribution in [0.5, 0.6) is 5.75 Å². The number of fused-ring (bicyclic) bond motifs is 1. The fourth-order valence-electron chi connectivity index (χ4n) is 4.50. The van der Waals surface area contributed by atoms with Crippen LogP contribution >= 0.6 is 11.6 Å². The Kier molecular flexibility index (Phi) is 6.05. The molecule has 33 heavy (non-hydrogen) atoms. The standard InChI is InChI=1S/C27H26ClN3O2/c1-19-16-21(12-13-23(19)28)31-18-20(17-26(31)32)27-29-24-10-5-6-11-25(24)30(27)14-7-15-33-22-8-3-2-4-9-22/h2-6,8-13,16,20H,7,14-15,17-18H2,1H3/t20-/m0/s1. The average Bonchev–Trinajstić information content (AvgIpc) is 3.40. The van der Waals surface area contributed by atoms with Gasteiger partial charge in [0.25, 0.3) is 0 Å². The van der Waals surface area contributed by atoms with Crippen molar-refractivity contribution in [2.24, 2.45) is 0 Å². The molecule has 2 heterocycles. The quantitative estimate of drug-likeness (QED) is 0.319. The largest absolute Gasteiger partial charge is 0.494 e. The molecular weight excluding hydrogens is 434 g/mol. The van der Waals surface area contributed by atoms with Crippen LogP contribution in [-0.2, 0) is 11.3 Å². The second-order valence-electron chi connectivity index (χ2n) is 8.46. The van der Waals surface area contributed by atoms with Gasteiger partial charge < -0.3 is 14.2 Å². The molecule has 0 aliphatic carbocycles. The number of ether oxygens (including phenoxy) is 1. The lowest BCUT2D eigenvalue weighted by atomic mass is 10.1. The maximum Gasteiger partial charge on any atom is 0.227 e. The Morgan fingerprint density at radius 2 is 1.85 bits per heavy atom. The van der Waals surface area contributed by atoms with Gasteiger partial charge in [0.1, 0.15) is 11.6 Å². The van der Waals surface area contributed by atoms with Crippen molar-refractivity contribution in [3.05, 3.63) is 89.2 Å². The molecule has 3 aromatic carbocycles. The van der Waals surface area contributed by atoms with Crippen LogP contribution in [0.4, 0.5) is 5.69 Å². The third-order valence-corrected chi connectivity index (χ3v) is 6.59. The molecule has 1 amide bonds. The van der Waals surface area contributed by atoms with E-state index in [-0.39, 0.29) is 11.8 Å². The number of para-hydroxylation sites is 3. The molecule has 6 heteroatoms. The van der Waals surface area contributed by atoms with Gasteiger partial charge in [-0.25, -0.2) is 4.98 Å². The number of nitrogens with zero attached hydrogens (tertiary/aromatic N) is 3. The van der Waals surface area contributed by atoms with Gasteiger partial charge in [0, 0.05) is 36.1 Å². The molecule has 0 spiro atoms. The Bertz CT molecular complexity index is 1290. The van der Waals surface area contributed by atoms with E-state index in [1.807, 2.05) is 78.6 Å². The number of rotatable bonds is 7. The number of carbonyl (C=O) groups is 1. The van der Waals surface area contributed by atoms with Crippen molar-refractivity contribution in [2.75, 3.05) is 18.1 Å². The zero-order valence-corrected chi connectivity index (χ0v) is 19.3. The number of amides is 1. The first-order chi connectivity index (χ1) is 16.1. The highest BCUT2D eigenvalue weighted by molar-refractivity contribution is 6.31. The third-order valence-electron chi connectivity index (χ3n) is 6.17. The fourth-order valence-corrected chi connectivity index (χ4v) is 4.61. The number of aromatic nitrogens is 2. The molecule has 4 aromatic rings. The predicted molar refractivity (Wildman–Crippen MR) is 132 cm³/mol. The van der Waals surface area contributed by atoms with Crippen molar-refractivity contribution < 1.29 is 9.53 Å². The van der Waals surface area contributed by atoms with E-state index in [9.17, 15) is 4.79 Å². The summed E-state index contributed by atoms with van der Waals surface area (Å²) in [6.45, 7) is 3.98. The van der Waals surface area contributed by atoms with Crippen LogP contribution in [0.1, 0.15) is 30.1 Å². The first-order valence-electron chi connectivity index (χ1n) is 11.3. The van der Waals surface area contributed by atoms with Crippen LogP contribution < -0.4 is 9.64 Å². The van der Waals surface area contributed by atoms with E-state index in [4.69, 9.17) is 21.3 Å². The summed E-state index contributed by atoms with van der Waals surface area (Å²) >= 11 is 6.19. The summed E-state index contributed by atoms with van der Waals surface area (Å²) in [6.07, 6.45) is 1.30. The zero-order chi connectivity index (χ0) is 22.8. The van der Waals surface area contributed by atoms with Gasteiger partial charge in [0.05, 0.1) is 17.6 Å². The number of hydrogen-bond acceptors (Lipinski definition) is 3. The predicted octanol–water partition coefficient (Wildman–Crippen LogP) is 5.99. The molecule has 0 N–H and O–H groups in total. The second kappa shape index (κ2) is 9.28. The van der Waals surface area contributed by atoms with Gasteiger partial charge in [-0.15, -0.1) is 0 Å². The summed E-state index contributed by atoms with van der Waals surface area (Å²) < 4.78 is 8.15. The van der Waals surface area contributed by atoms with Gasteiger partial charge in [-0.1, -0.05) is 41.9 Å². The van der Waals surface area contributed by atoms with Crippen molar-refractivity contribution >= 4 is 34.2 Å². The van der Waals surface area contributed by atoms with Crippen molar-refractivity contribution in [3.63, 3.8) is 0 Å². The van der Waals surface area contributed by atoms with Crippen molar-refractivity contribution in [1.82, 2.24) is 9.55 Å². The highest BCUT2D eigenvalue weighted by Gasteiger charge is 2.34. The van der Waals surface area contributed by atoms with E-state index in [0.717, 1.165) is 46.8 Å². The molecule has 1 atom stereocenters. The lowest BCUT2D eigenvalue weighted by Gasteiger charge is -2.18. The van der Waals surface area contributed by atoms with E-state index in [2.05, 4.69) is 10.6 Å². The second-order valence-corrected chi connectivity index (χ2v) is 8.87. The van der Waals surface area contributed by atoms with Crippen LogP contribution in [0.2, 0.25) is 5.02 Å². The Balaban J connectivity index is 1.36. The van der Waals surface area contributed by atoms with Crippen molar-refractivity contribution in [1.29, 1.82) is 0 Å². The van der Waals surface area contributed by atoms with Crippen molar-refractivity contribution in [2.45, 2.75) is 32.2 Å². The van der Waals surface area contributed by atoms with Gasteiger partial charge in [-0.05, 0) is 61.4 Å². The van der Waals surface area contributed by atoms with E-state index >= 15 is 0 Å². The summed E-state index contributed by atoms with van der Waals surface area (Å²) in [5, 5.41) is 0.710. The van der Waals surface area contributed by atoms with Crippen molar-refractivity contribution in [3.8, 4) is 5.75 Å². The lowest BCUT2D eigenvalue weighted by Crippen LogP contribution is -2.24. The topological polar surface area (TPSA) is 47.4 Å². The number of carbonyl (C=O) groups excluding carboxylic acids is 1. The molecular formula is C27H26ClN3O2. The van der Waals surface area contributed by atoms with Gasteiger partial charge in [-0.3, -0.25) is 4.79 Å². The SMILES string of the molecule is Cc1cc(N2C[C@@H](c3nc4ccccc4n3CCCOc3ccccc3)CC2=O)ccc1Cl. The molecule has 168 valence electrons. The summed E-state index contributed by atoms with van der Waals surface area (Å²) in [7, 11) is 0. The zero-order valence-electron chi connectivity index (χ0n) is 18.6. The molecule has 0 saturated carbocycles. The van der Waals surface area contributed by atoms with Crippen LogP contribution in [0, 0.1) is 6.92 Å². The highest BCUT2D eigenvalue weighted by atomic mass is 35.5. The number of anilines is 1. The number of aryl methyl sites for hydroxylation is 2. The van der Waals surface area contributed by atoms with E-state index < -0.39 is 0 Å². The molecule has 1 saturated heterocycles. The van der Waals surface area contributed by atoms with Gasteiger partial charge in [-0.2, -0.15) is 0 Å². The molecule has 1 aliphatic rings. The number of hydrogen-bond donors (Lipinski definition) is 0. The highest BCUT2D eigenvalue weighted by Crippen LogP contribution is 2.34. The summed E-state index contributed by atoms with van der Waals surface area (Å²) in [6, 6.07) is 23.8. The summed E-state index contributed by atoms with van der Waals surface area (Å²) in [4.78, 5) is 19.7. The molecule has 5 rings (SSSR count). The first kappa shape index (κ1) is 21.5. The third kappa shape index (κ3) is 4.46.